The second-order valence-electron chi connectivity index (χ2n) is 5.78. The van der Waals surface area contributed by atoms with E-state index in [1.165, 1.54) is 63.8 Å². The first kappa shape index (κ1) is 22.0. The molecule has 0 fully saturated rings. The van der Waals surface area contributed by atoms with Crippen LogP contribution in [0.1, 0.15) is 21.5 Å². The lowest BCUT2D eigenvalue weighted by atomic mass is 10.1. The van der Waals surface area contributed by atoms with Crippen LogP contribution in [0.15, 0.2) is 47.4 Å². The minimum atomic E-state index is -4.19. The molecule has 2 rings (SSSR count). The van der Waals surface area contributed by atoms with Crippen LogP contribution in [0.4, 0.5) is 0 Å². The lowest BCUT2D eigenvalue weighted by molar-refractivity contribution is -0.134. The molecule has 0 bridgehead atoms. The van der Waals surface area contributed by atoms with Gasteiger partial charge in [0.05, 0.1) is 26.9 Å². The maximum absolute atomic E-state index is 12.7. The highest BCUT2D eigenvalue weighted by molar-refractivity contribution is 7.87. The van der Waals surface area contributed by atoms with Gasteiger partial charge in [0.1, 0.15) is 4.90 Å². The van der Waals surface area contributed by atoms with Crippen molar-refractivity contribution < 1.29 is 36.4 Å². The summed E-state index contributed by atoms with van der Waals surface area (Å²) in [6.07, 6.45) is 2.71. The summed E-state index contributed by atoms with van der Waals surface area (Å²) >= 11 is 0. The molecule has 0 spiro atoms. The van der Waals surface area contributed by atoms with E-state index in [2.05, 4.69) is 9.47 Å². The third-order valence-electron chi connectivity index (χ3n) is 3.87. The first-order valence-electron chi connectivity index (χ1n) is 8.29. The number of carbonyl (C=O) groups is 2. The molecule has 0 aliphatic rings. The van der Waals surface area contributed by atoms with E-state index in [1.807, 2.05) is 0 Å². The van der Waals surface area contributed by atoms with Gasteiger partial charge in [-0.1, -0.05) is 6.07 Å². The van der Waals surface area contributed by atoms with Crippen LogP contribution in [0.5, 0.6) is 11.5 Å². The van der Waals surface area contributed by atoms with Gasteiger partial charge in [-0.25, -0.2) is 9.59 Å². The summed E-state index contributed by atoms with van der Waals surface area (Å²) in [5.74, 6) is -0.975. The van der Waals surface area contributed by atoms with Gasteiger partial charge in [0.15, 0.2) is 11.5 Å². The third-order valence-corrected chi connectivity index (χ3v) is 5.26. The number of hydrogen-bond donors (Lipinski definition) is 0. The number of rotatable bonds is 7. The lowest BCUT2D eigenvalue weighted by Crippen LogP contribution is -2.13. The van der Waals surface area contributed by atoms with Crippen LogP contribution in [-0.4, -0.2) is 41.7 Å². The van der Waals surface area contributed by atoms with Gasteiger partial charge in [-0.05, 0) is 54.5 Å². The number of esters is 2. The van der Waals surface area contributed by atoms with Gasteiger partial charge in [0.2, 0.25) is 0 Å². The van der Waals surface area contributed by atoms with Crippen molar-refractivity contribution >= 4 is 28.1 Å². The summed E-state index contributed by atoms with van der Waals surface area (Å²) in [6.45, 7) is 1.54. The predicted molar refractivity (Wildman–Crippen MR) is 104 cm³/mol. The fourth-order valence-electron chi connectivity index (χ4n) is 2.43. The molecule has 29 heavy (non-hydrogen) atoms. The second kappa shape index (κ2) is 9.24. The number of hydrogen-bond acceptors (Lipinski definition) is 8. The standard InChI is InChI=1S/C20H20O8S/c1-13-11-15(20(22)27-4)7-9-18(13)29(23,24)28-16-8-5-14(12-17(16)25-2)6-10-19(21)26-3/h5-12H,1-4H3/b10-6+. The SMILES string of the molecule is COC(=O)/C=C/c1ccc(OS(=O)(=O)c2ccc(C(=O)OC)cc2C)c(OC)c1. The topological polar surface area (TPSA) is 105 Å². The minimum Gasteiger partial charge on any atom is -0.493 e. The Balaban J connectivity index is 2.33. The van der Waals surface area contributed by atoms with Gasteiger partial charge in [-0.15, -0.1) is 0 Å². The number of methoxy groups -OCH3 is 3. The van der Waals surface area contributed by atoms with Crippen LogP contribution in [-0.2, 0) is 24.4 Å². The zero-order valence-corrected chi connectivity index (χ0v) is 17.1. The van der Waals surface area contributed by atoms with Crippen molar-refractivity contribution in [2.24, 2.45) is 0 Å². The molecule has 0 unspecified atom stereocenters. The molecule has 154 valence electrons. The molecule has 0 radical (unpaired) electrons. The zero-order chi connectivity index (χ0) is 21.6. The van der Waals surface area contributed by atoms with E-state index in [9.17, 15) is 18.0 Å². The van der Waals surface area contributed by atoms with Crippen molar-refractivity contribution in [1.82, 2.24) is 0 Å². The van der Waals surface area contributed by atoms with Gasteiger partial charge in [0, 0.05) is 6.08 Å². The van der Waals surface area contributed by atoms with Crippen molar-refractivity contribution in [2.45, 2.75) is 11.8 Å². The van der Waals surface area contributed by atoms with Crippen LogP contribution in [0.2, 0.25) is 0 Å². The molecule has 0 atom stereocenters. The Kier molecular flexibility index (Phi) is 7.00. The predicted octanol–water partition coefficient (Wildman–Crippen LogP) is 2.74. The normalized spacial score (nSPS) is 11.2. The second-order valence-corrected chi connectivity index (χ2v) is 7.29. The van der Waals surface area contributed by atoms with E-state index >= 15 is 0 Å². The van der Waals surface area contributed by atoms with E-state index in [4.69, 9.17) is 8.92 Å². The van der Waals surface area contributed by atoms with Crippen LogP contribution in [0.25, 0.3) is 6.08 Å². The van der Waals surface area contributed by atoms with Crippen molar-refractivity contribution in [3.8, 4) is 11.5 Å². The fourth-order valence-corrected chi connectivity index (χ4v) is 3.58. The van der Waals surface area contributed by atoms with Gasteiger partial charge < -0.3 is 18.4 Å². The number of benzene rings is 2. The maximum atomic E-state index is 12.7. The van der Waals surface area contributed by atoms with Crippen LogP contribution < -0.4 is 8.92 Å². The van der Waals surface area contributed by atoms with Crippen molar-refractivity contribution in [3.05, 3.63) is 59.2 Å². The average molecular weight is 420 g/mol. The number of aryl methyl sites for hydroxylation is 1. The van der Waals surface area contributed by atoms with Gasteiger partial charge in [-0.3, -0.25) is 0 Å². The Bertz CT molecular complexity index is 1050. The summed E-state index contributed by atoms with van der Waals surface area (Å²) in [6, 6.07) is 8.49. The molecule has 0 aliphatic carbocycles. The largest absolute Gasteiger partial charge is 0.493 e. The molecular formula is C20H20O8S. The maximum Gasteiger partial charge on any atom is 0.339 e. The lowest BCUT2D eigenvalue weighted by Gasteiger charge is -2.13. The quantitative estimate of drug-likeness (QED) is 0.382. The highest BCUT2D eigenvalue weighted by Crippen LogP contribution is 2.32. The Morgan fingerprint density at radius 2 is 1.66 bits per heavy atom. The molecule has 9 heteroatoms. The Labute approximate surface area is 168 Å². The van der Waals surface area contributed by atoms with E-state index in [1.54, 1.807) is 13.0 Å². The van der Waals surface area contributed by atoms with Crippen molar-refractivity contribution in [2.75, 3.05) is 21.3 Å². The average Bonchev–Trinajstić information content (AvgIpc) is 2.71. The number of carbonyl (C=O) groups excluding carboxylic acids is 2. The summed E-state index contributed by atoms with van der Waals surface area (Å²) < 4.78 is 45.0. The monoisotopic (exact) mass is 420 g/mol. The Morgan fingerprint density at radius 3 is 2.24 bits per heavy atom. The summed E-state index contributed by atoms with van der Waals surface area (Å²) in [4.78, 5) is 22.7. The van der Waals surface area contributed by atoms with E-state index in [-0.39, 0.29) is 22.0 Å². The molecule has 8 nitrogen and oxygen atoms in total. The first-order valence-corrected chi connectivity index (χ1v) is 9.70. The highest BCUT2D eigenvalue weighted by Gasteiger charge is 2.22. The molecule has 2 aromatic carbocycles. The summed E-state index contributed by atoms with van der Waals surface area (Å²) in [5, 5.41) is 0. The summed E-state index contributed by atoms with van der Waals surface area (Å²) in [7, 11) is -0.336. The fraction of sp³-hybridized carbons (Fsp3) is 0.200. The zero-order valence-electron chi connectivity index (χ0n) is 16.3. The molecule has 0 N–H and O–H groups in total. The van der Waals surface area contributed by atoms with Crippen molar-refractivity contribution in [1.29, 1.82) is 0 Å². The molecule has 0 heterocycles. The van der Waals surface area contributed by atoms with Gasteiger partial charge >= 0.3 is 22.1 Å². The molecular weight excluding hydrogens is 400 g/mol. The third kappa shape index (κ3) is 5.35. The molecule has 2 aromatic rings. The first-order chi connectivity index (χ1) is 13.7. The van der Waals surface area contributed by atoms with Crippen LogP contribution in [0, 0.1) is 6.92 Å². The van der Waals surface area contributed by atoms with Crippen molar-refractivity contribution in [3.63, 3.8) is 0 Å². The Morgan fingerprint density at radius 1 is 0.931 bits per heavy atom. The smallest absolute Gasteiger partial charge is 0.339 e. The van der Waals surface area contributed by atoms with E-state index in [0.29, 0.717) is 11.1 Å². The minimum absolute atomic E-state index is 0.0286. The molecule has 0 aliphatic heterocycles. The molecule has 0 saturated carbocycles. The van der Waals surface area contributed by atoms with Gasteiger partial charge in [-0.2, -0.15) is 8.42 Å². The van der Waals surface area contributed by atoms with Crippen LogP contribution >= 0.6 is 0 Å². The molecule has 0 saturated heterocycles. The summed E-state index contributed by atoms with van der Waals surface area (Å²) in [5.41, 5.74) is 1.13. The van der Waals surface area contributed by atoms with E-state index < -0.39 is 22.1 Å². The molecule has 0 aromatic heterocycles. The number of ether oxygens (including phenoxy) is 3. The Hall–Kier alpha value is -3.33. The van der Waals surface area contributed by atoms with Crippen LogP contribution in [0.3, 0.4) is 0 Å². The highest BCUT2D eigenvalue weighted by atomic mass is 32.2. The molecule has 0 amide bonds. The van der Waals surface area contributed by atoms with Gasteiger partial charge in [0.25, 0.3) is 0 Å². The van der Waals surface area contributed by atoms with E-state index in [0.717, 1.165) is 0 Å².